The van der Waals surface area contributed by atoms with Crippen LogP contribution in [0.25, 0.3) is 0 Å². The normalized spacial score (nSPS) is 14.5. The lowest BCUT2D eigenvalue weighted by Crippen LogP contribution is -2.20. The standard InChI is InChI=1S/C9H11F2IO/c1-3-9(10,11)8(12)7-5-4-6(2)13-7/h4-5,8H,3H2,1-2H3. The Bertz CT molecular complexity index is 283. The highest BCUT2D eigenvalue weighted by Gasteiger charge is 2.38. The van der Waals surface area contributed by atoms with Crippen LogP contribution in [0.5, 0.6) is 0 Å². The Balaban J connectivity index is 2.84. The van der Waals surface area contributed by atoms with Crippen molar-refractivity contribution in [2.45, 2.75) is 30.1 Å². The number of rotatable bonds is 3. The van der Waals surface area contributed by atoms with Gasteiger partial charge >= 0.3 is 0 Å². The SMILES string of the molecule is CCC(F)(F)C(I)c1ccc(C)o1. The van der Waals surface area contributed by atoms with E-state index >= 15 is 0 Å². The predicted molar refractivity (Wildman–Crippen MR) is 55.4 cm³/mol. The fourth-order valence-corrected chi connectivity index (χ4v) is 1.75. The van der Waals surface area contributed by atoms with Crippen LogP contribution in [0.2, 0.25) is 0 Å². The molecule has 0 fully saturated rings. The summed E-state index contributed by atoms with van der Waals surface area (Å²) in [5.74, 6) is -1.67. The molecule has 0 aliphatic rings. The van der Waals surface area contributed by atoms with Crippen molar-refractivity contribution in [3.63, 3.8) is 0 Å². The molecule has 74 valence electrons. The molecule has 0 spiro atoms. The summed E-state index contributed by atoms with van der Waals surface area (Å²) in [5, 5.41) is 0. The van der Waals surface area contributed by atoms with E-state index in [0.29, 0.717) is 11.5 Å². The van der Waals surface area contributed by atoms with Crippen molar-refractivity contribution >= 4 is 22.6 Å². The first kappa shape index (κ1) is 10.9. The fourth-order valence-electron chi connectivity index (χ4n) is 0.977. The maximum atomic E-state index is 13.2. The lowest BCUT2D eigenvalue weighted by molar-refractivity contribution is -0.00527. The Morgan fingerprint density at radius 1 is 1.54 bits per heavy atom. The van der Waals surface area contributed by atoms with Gasteiger partial charge in [0.1, 0.15) is 15.4 Å². The van der Waals surface area contributed by atoms with Crippen LogP contribution in [0.4, 0.5) is 8.78 Å². The first-order valence-electron chi connectivity index (χ1n) is 4.05. The Morgan fingerprint density at radius 3 is 2.54 bits per heavy atom. The average molecular weight is 300 g/mol. The molecule has 4 heteroatoms. The number of halogens is 3. The van der Waals surface area contributed by atoms with Crippen LogP contribution >= 0.6 is 22.6 Å². The van der Waals surface area contributed by atoms with Crippen molar-refractivity contribution < 1.29 is 13.2 Å². The van der Waals surface area contributed by atoms with Gasteiger partial charge in [0.15, 0.2) is 0 Å². The van der Waals surface area contributed by atoms with Gasteiger partial charge in [-0.15, -0.1) is 0 Å². The lowest BCUT2D eigenvalue weighted by atomic mass is 10.1. The first-order chi connectivity index (χ1) is 5.97. The Morgan fingerprint density at radius 2 is 2.15 bits per heavy atom. The van der Waals surface area contributed by atoms with E-state index in [0.717, 1.165) is 0 Å². The fraction of sp³-hybridized carbons (Fsp3) is 0.556. The molecule has 0 bridgehead atoms. The summed E-state index contributed by atoms with van der Waals surface area (Å²) in [5.41, 5.74) is 0. The molecule has 1 heterocycles. The minimum absolute atomic E-state index is 0.166. The van der Waals surface area contributed by atoms with Gasteiger partial charge in [-0.3, -0.25) is 0 Å². The summed E-state index contributed by atoms with van der Waals surface area (Å²) in [7, 11) is 0. The Hall–Kier alpha value is -0.130. The summed E-state index contributed by atoms with van der Waals surface area (Å²) >= 11 is 1.72. The molecule has 0 amide bonds. The van der Waals surface area contributed by atoms with Crippen LogP contribution in [0.3, 0.4) is 0 Å². The zero-order chi connectivity index (χ0) is 10.1. The zero-order valence-corrected chi connectivity index (χ0v) is 9.64. The van der Waals surface area contributed by atoms with Crippen LogP contribution in [0, 0.1) is 6.92 Å². The lowest BCUT2D eigenvalue weighted by Gasteiger charge is -2.18. The van der Waals surface area contributed by atoms with Gasteiger partial charge in [0.05, 0.1) is 0 Å². The molecule has 1 unspecified atom stereocenters. The van der Waals surface area contributed by atoms with E-state index < -0.39 is 9.85 Å². The third-order valence-corrected chi connectivity index (χ3v) is 3.38. The maximum Gasteiger partial charge on any atom is 0.266 e. The van der Waals surface area contributed by atoms with E-state index in [1.807, 2.05) is 0 Å². The molecule has 0 aromatic carbocycles. The summed E-state index contributed by atoms with van der Waals surface area (Å²) in [6, 6.07) is 3.31. The molecular weight excluding hydrogens is 289 g/mol. The number of alkyl halides is 3. The third-order valence-electron chi connectivity index (χ3n) is 1.85. The summed E-state index contributed by atoms with van der Waals surface area (Å²) in [4.78, 5) is 0. The van der Waals surface area contributed by atoms with E-state index in [1.165, 1.54) is 6.92 Å². The van der Waals surface area contributed by atoms with Gasteiger partial charge < -0.3 is 4.42 Å². The van der Waals surface area contributed by atoms with Crippen molar-refractivity contribution in [1.29, 1.82) is 0 Å². The van der Waals surface area contributed by atoms with Gasteiger partial charge in [-0.25, -0.2) is 8.78 Å². The van der Waals surface area contributed by atoms with Crippen LogP contribution < -0.4 is 0 Å². The second kappa shape index (κ2) is 3.94. The molecule has 0 saturated carbocycles. The van der Waals surface area contributed by atoms with Crippen molar-refractivity contribution in [3.8, 4) is 0 Å². The van der Waals surface area contributed by atoms with E-state index in [9.17, 15) is 8.78 Å². The van der Waals surface area contributed by atoms with Gasteiger partial charge in [0.2, 0.25) is 0 Å². The minimum Gasteiger partial charge on any atom is -0.465 e. The monoisotopic (exact) mass is 300 g/mol. The second-order valence-corrected chi connectivity index (χ2v) is 4.17. The molecule has 1 rings (SSSR count). The molecule has 0 aliphatic heterocycles. The van der Waals surface area contributed by atoms with Crippen LogP contribution in [0.15, 0.2) is 16.5 Å². The predicted octanol–water partition coefficient (Wildman–Crippen LogP) is 4.11. The van der Waals surface area contributed by atoms with Crippen molar-refractivity contribution in [1.82, 2.24) is 0 Å². The number of hydrogen-bond acceptors (Lipinski definition) is 1. The quantitative estimate of drug-likeness (QED) is 0.605. The molecule has 1 nitrogen and oxygen atoms in total. The molecule has 0 saturated heterocycles. The molecule has 0 N–H and O–H groups in total. The van der Waals surface area contributed by atoms with E-state index in [2.05, 4.69) is 0 Å². The van der Waals surface area contributed by atoms with E-state index in [4.69, 9.17) is 4.42 Å². The maximum absolute atomic E-state index is 13.2. The second-order valence-electron chi connectivity index (χ2n) is 2.93. The van der Waals surface area contributed by atoms with Crippen LogP contribution in [-0.2, 0) is 0 Å². The number of aryl methyl sites for hydroxylation is 1. The van der Waals surface area contributed by atoms with Crippen LogP contribution in [-0.4, -0.2) is 5.92 Å². The molecule has 13 heavy (non-hydrogen) atoms. The topological polar surface area (TPSA) is 13.1 Å². The molecule has 0 aliphatic carbocycles. The van der Waals surface area contributed by atoms with Gasteiger partial charge in [-0.2, -0.15) is 0 Å². The van der Waals surface area contributed by atoms with Crippen molar-refractivity contribution in [2.24, 2.45) is 0 Å². The van der Waals surface area contributed by atoms with Gasteiger partial charge in [0.25, 0.3) is 5.92 Å². The highest BCUT2D eigenvalue weighted by molar-refractivity contribution is 14.1. The summed E-state index contributed by atoms with van der Waals surface area (Å²) < 4.78 is 30.6. The molecule has 0 radical (unpaired) electrons. The summed E-state index contributed by atoms with van der Waals surface area (Å²) in [6.45, 7) is 3.22. The average Bonchev–Trinajstić information content (AvgIpc) is 2.50. The largest absolute Gasteiger partial charge is 0.465 e. The summed E-state index contributed by atoms with van der Waals surface area (Å²) in [6.07, 6.45) is -0.166. The molecule has 1 atom stereocenters. The van der Waals surface area contributed by atoms with Crippen LogP contribution in [0.1, 0.15) is 28.8 Å². The van der Waals surface area contributed by atoms with Gasteiger partial charge in [-0.1, -0.05) is 29.5 Å². The van der Waals surface area contributed by atoms with E-state index in [-0.39, 0.29) is 6.42 Å². The minimum atomic E-state index is -2.69. The molecule has 1 aromatic heterocycles. The van der Waals surface area contributed by atoms with Gasteiger partial charge in [-0.05, 0) is 19.1 Å². The highest BCUT2D eigenvalue weighted by atomic mass is 127. The van der Waals surface area contributed by atoms with Crippen molar-refractivity contribution in [2.75, 3.05) is 0 Å². The number of hydrogen-bond donors (Lipinski definition) is 0. The first-order valence-corrected chi connectivity index (χ1v) is 5.30. The number of furan rings is 1. The smallest absolute Gasteiger partial charge is 0.266 e. The Labute approximate surface area is 89.6 Å². The molecular formula is C9H11F2IO. The van der Waals surface area contributed by atoms with E-state index in [1.54, 1.807) is 41.6 Å². The van der Waals surface area contributed by atoms with Crippen molar-refractivity contribution in [3.05, 3.63) is 23.7 Å². The third kappa shape index (κ3) is 2.42. The zero-order valence-electron chi connectivity index (χ0n) is 7.48. The molecule has 1 aromatic rings. The highest BCUT2D eigenvalue weighted by Crippen LogP contribution is 2.41. The Kier molecular flexibility index (Phi) is 3.32. The van der Waals surface area contributed by atoms with Gasteiger partial charge in [0, 0.05) is 6.42 Å².